The molecule has 1 N–H and O–H groups in total. The van der Waals surface area contributed by atoms with Crippen molar-refractivity contribution >= 4 is 26.8 Å². The highest BCUT2D eigenvalue weighted by atomic mass is 32.2. The van der Waals surface area contributed by atoms with Crippen LogP contribution in [0.5, 0.6) is 0 Å². The van der Waals surface area contributed by atoms with Crippen LogP contribution in [0.2, 0.25) is 0 Å². The van der Waals surface area contributed by atoms with Crippen molar-refractivity contribution in [2.75, 3.05) is 25.9 Å². The van der Waals surface area contributed by atoms with Gasteiger partial charge in [-0.3, -0.25) is 4.79 Å². The van der Waals surface area contributed by atoms with Crippen LogP contribution in [0.4, 0.5) is 0 Å². The van der Waals surface area contributed by atoms with Crippen LogP contribution in [-0.2, 0) is 21.4 Å². The number of rotatable bonds is 6. The Balaban J connectivity index is 1.45. The van der Waals surface area contributed by atoms with Gasteiger partial charge in [0.05, 0.1) is 6.26 Å². The maximum Gasteiger partial charge on any atom is 0.223 e. The van der Waals surface area contributed by atoms with E-state index < -0.39 is 10.0 Å². The number of sulfonamides is 1. The van der Waals surface area contributed by atoms with Crippen LogP contribution in [0.15, 0.2) is 30.3 Å². The Bertz CT molecular complexity index is 881. The van der Waals surface area contributed by atoms with Crippen LogP contribution in [0.1, 0.15) is 25.0 Å². The first kappa shape index (κ1) is 18.9. The lowest BCUT2D eigenvalue weighted by atomic mass is 9.97. The third kappa shape index (κ3) is 4.27. The molecule has 1 fully saturated rings. The average Bonchev–Trinajstić information content (AvgIpc) is 2.93. The standard InChI is InChI=1S/C19H27N3O3S/c1-15-14-17-6-3-4-7-18(17)22(15)11-5-10-20-19(23)16-8-12-21(13-9-16)26(2,24)25/h3-4,6-7,14,16H,5,8-13H2,1-2H3,(H,20,23). The number of piperidine rings is 1. The van der Waals surface area contributed by atoms with Gasteiger partial charge in [0.2, 0.25) is 15.9 Å². The molecule has 3 rings (SSSR count). The van der Waals surface area contributed by atoms with Gasteiger partial charge in [-0.2, -0.15) is 0 Å². The lowest BCUT2D eigenvalue weighted by Crippen LogP contribution is -2.42. The van der Waals surface area contributed by atoms with Crippen molar-refractivity contribution in [3.05, 3.63) is 36.0 Å². The van der Waals surface area contributed by atoms with Gasteiger partial charge in [0.15, 0.2) is 0 Å². The van der Waals surface area contributed by atoms with Gasteiger partial charge in [-0.15, -0.1) is 0 Å². The molecule has 0 spiro atoms. The fraction of sp³-hybridized carbons (Fsp3) is 0.526. The zero-order chi connectivity index (χ0) is 18.7. The number of para-hydroxylation sites is 1. The quantitative estimate of drug-likeness (QED) is 0.784. The third-order valence-corrected chi connectivity index (χ3v) is 6.47. The number of aryl methyl sites for hydroxylation is 2. The highest BCUT2D eigenvalue weighted by Gasteiger charge is 2.28. The zero-order valence-corrected chi connectivity index (χ0v) is 16.3. The molecule has 0 aliphatic carbocycles. The Morgan fingerprint density at radius 3 is 2.62 bits per heavy atom. The second-order valence-corrected chi connectivity index (χ2v) is 9.06. The summed E-state index contributed by atoms with van der Waals surface area (Å²) < 4.78 is 26.8. The molecule has 6 nitrogen and oxygen atoms in total. The molecular formula is C19H27N3O3S. The molecule has 2 aromatic rings. The minimum absolute atomic E-state index is 0.0484. The molecule has 7 heteroatoms. The number of benzene rings is 1. The first-order valence-corrected chi connectivity index (χ1v) is 11.0. The molecule has 1 aromatic heterocycles. The smallest absolute Gasteiger partial charge is 0.223 e. The fourth-order valence-electron chi connectivity index (χ4n) is 3.69. The summed E-state index contributed by atoms with van der Waals surface area (Å²) in [6, 6.07) is 10.5. The van der Waals surface area contributed by atoms with Gasteiger partial charge in [-0.05, 0) is 43.7 Å². The van der Waals surface area contributed by atoms with Crippen molar-refractivity contribution in [3.63, 3.8) is 0 Å². The van der Waals surface area contributed by atoms with Crippen molar-refractivity contribution in [2.45, 2.75) is 32.7 Å². The molecule has 1 aliphatic rings. The van der Waals surface area contributed by atoms with E-state index in [0.717, 1.165) is 13.0 Å². The number of nitrogens with one attached hydrogen (secondary N) is 1. The lowest BCUT2D eigenvalue weighted by Gasteiger charge is -2.29. The van der Waals surface area contributed by atoms with Gasteiger partial charge in [0.25, 0.3) is 0 Å². The van der Waals surface area contributed by atoms with Crippen LogP contribution in [-0.4, -0.2) is 49.1 Å². The third-order valence-electron chi connectivity index (χ3n) is 5.17. The van der Waals surface area contributed by atoms with Crippen LogP contribution in [0.25, 0.3) is 10.9 Å². The van der Waals surface area contributed by atoms with Gasteiger partial charge >= 0.3 is 0 Å². The zero-order valence-electron chi connectivity index (χ0n) is 15.4. The maximum absolute atomic E-state index is 12.3. The first-order valence-electron chi connectivity index (χ1n) is 9.14. The lowest BCUT2D eigenvalue weighted by molar-refractivity contribution is -0.126. The number of hydrogen-bond acceptors (Lipinski definition) is 3. The van der Waals surface area contributed by atoms with E-state index in [9.17, 15) is 13.2 Å². The number of fused-ring (bicyclic) bond motifs is 1. The molecule has 0 atom stereocenters. The largest absolute Gasteiger partial charge is 0.356 e. The molecule has 1 aliphatic heterocycles. The molecule has 1 amide bonds. The van der Waals surface area contributed by atoms with Crippen molar-refractivity contribution in [1.82, 2.24) is 14.2 Å². The van der Waals surface area contributed by atoms with Crippen molar-refractivity contribution in [3.8, 4) is 0 Å². The number of carbonyl (C=O) groups excluding carboxylic acids is 1. The van der Waals surface area contributed by atoms with E-state index in [1.54, 1.807) is 0 Å². The summed E-state index contributed by atoms with van der Waals surface area (Å²) in [5.74, 6) is -0.0330. The van der Waals surface area contributed by atoms with E-state index in [-0.39, 0.29) is 11.8 Å². The predicted molar refractivity (Wildman–Crippen MR) is 103 cm³/mol. The van der Waals surface area contributed by atoms with Crippen LogP contribution in [0, 0.1) is 12.8 Å². The summed E-state index contributed by atoms with van der Waals surface area (Å²) in [5, 5.41) is 4.26. The topological polar surface area (TPSA) is 71.4 Å². The number of nitrogens with zero attached hydrogens (tertiary/aromatic N) is 2. The number of aromatic nitrogens is 1. The van der Waals surface area contributed by atoms with E-state index in [1.807, 2.05) is 12.1 Å². The second-order valence-electron chi connectivity index (χ2n) is 7.08. The van der Waals surface area contributed by atoms with E-state index in [2.05, 4.69) is 35.0 Å². The van der Waals surface area contributed by atoms with E-state index >= 15 is 0 Å². The Labute approximate surface area is 155 Å². The van der Waals surface area contributed by atoms with Crippen molar-refractivity contribution in [2.24, 2.45) is 5.92 Å². The summed E-state index contributed by atoms with van der Waals surface area (Å²) in [5.41, 5.74) is 2.45. The second kappa shape index (κ2) is 7.80. The van der Waals surface area contributed by atoms with Crippen molar-refractivity contribution < 1.29 is 13.2 Å². The molecule has 26 heavy (non-hydrogen) atoms. The number of amides is 1. The Kier molecular flexibility index (Phi) is 5.67. The van der Waals surface area contributed by atoms with Gasteiger partial charge in [-0.25, -0.2) is 12.7 Å². The normalized spacial score (nSPS) is 16.8. The van der Waals surface area contributed by atoms with Crippen LogP contribution < -0.4 is 5.32 Å². The summed E-state index contributed by atoms with van der Waals surface area (Å²) in [6.45, 7) is 4.48. The van der Waals surface area contributed by atoms with Gasteiger partial charge < -0.3 is 9.88 Å². The SMILES string of the molecule is Cc1cc2ccccc2n1CCCNC(=O)C1CCN(S(C)(=O)=O)CC1. The summed E-state index contributed by atoms with van der Waals surface area (Å²) in [4.78, 5) is 12.3. The number of hydrogen-bond donors (Lipinski definition) is 1. The van der Waals surface area contributed by atoms with Crippen molar-refractivity contribution in [1.29, 1.82) is 0 Å². The number of carbonyl (C=O) groups is 1. The average molecular weight is 378 g/mol. The van der Waals surface area contributed by atoms with Crippen LogP contribution in [0.3, 0.4) is 0 Å². The summed E-state index contributed by atoms with van der Waals surface area (Å²) in [6.07, 6.45) is 3.29. The van der Waals surface area contributed by atoms with Crippen LogP contribution >= 0.6 is 0 Å². The van der Waals surface area contributed by atoms with Gasteiger partial charge in [0, 0.05) is 43.3 Å². The Morgan fingerprint density at radius 1 is 1.23 bits per heavy atom. The van der Waals surface area contributed by atoms with E-state index in [4.69, 9.17) is 0 Å². The highest BCUT2D eigenvalue weighted by molar-refractivity contribution is 7.88. The molecule has 1 aromatic carbocycles. The maximum atomic E-state index is 12.3. The Morgan fingerprint density at radius 2 is 1.92 bits per heavy atom. The predicted octanol–water partition coefficient (Wildman–Crippen LogP) is 2.13. The molecular weight excluding hydrogens is 350 g/mol. The van der Waals surface area contributed by atoms with E-state index in [1.165, 1.54) is 27.2 Å². The molecule has 0 saturated carbocycles. The van der Waals surface area contributed by atoms with Gasteiger partial charge in [-0.1, -0.05) is 18.2 Å². The molecule has 1 saturated heterocycles. The molecule has 2 heterocycles. The van der Waals surface area contributed by atoms with Gasteiger partial charge in [0.1, 0.15) is 0 Å². The monoisotopic (exact) mass is 377 g/mol. The first-order chi connectivity index (χ1) is 12.4. The molecule has 142 valence electrons. The molecule has 0 bridgehead atoms. The summed E-state index contributed by atoms with van der Waals surface area (Å²) in [7, 11) is -3.14. The van der Waals surface area contributed by atoms with E-state index in [0.29, 0.717) is 32.5 Å². The molecule has 0 unspecified atom stereocenters. The minimum Gasteiger partial charge on any atom is -0.356 e. The minimum atomic E-state index is -3.14. The molecule has 0 radical (unpaired) electrons. The summed E-state index contributed by atoms with van der Waals surface area (Å²) >= 11 is 0. The fourth-order valence-corrected chi connectivity index (χ4v) is 4.56. The highest BCUT2D eigenvalue weighted by Crippen LogP contribution is 2.20. The Hall–Kier alpha value is -1.86.